The van der Waals surface area contributed by atoms with Gasteiger partial charge in [0.25, 0.3) is 5.91 Å². The fraction of sp³-hybridized carbons (Fsp3) is 0.500. The molecule has 2 amide bonds. The van der Waals surface area contributed by atoms with Crippen LogP contribution in [-0.2, 0) is 17.6 Å². The summed E-state index contributed by atoms with van der Waals surface area (Å²) in [6, 6.07) is 10.1. The first-order valence-corrected chi connectivity index (χ1v) is 10.6. The summed E-state index contributed by atoms with van der Waals surface area (Å²) < 4.78 is 7.00. The van der Waals surface area contributed by atoms with Crippen molar-refractivity contribution in [1.82, 2.24) is 20.0 Å². The van der Waals surface area contributed by atoms with Gasteiger partial charge in [0, 0.05) is 30.4 Å². The first-order valence-electron chi connectivity index (χ1n) is 10.6. The molecule has 1 saturated heterocycles. The molecule has 0 spiro atoms. The molecule has 154 valence electrons. The van der Waals surface area contributed by atoms with E-state index in [4.69, 9.17) is 9.84 Å². The lowest BCUT2D eigenvalue weighted by Gasteiger charge is -2.31. The number of amides is 2. The Hall–Kier alpha value is -2.83. The van der Waals surface area contributed by atoms with Gasteiger partial charge in [-0.05, 0) is 57.6 Å². The number of benzene rings is 1. The second-order valence-corrected chi connectivity index (χ2v) is 7.66. The molecule has 0 radical (unpaired) electrons. The number of hydrogen-bond donors (Lipinski definition) is 1. The van der Waals surface area contributed by atoms with Gasteiger partial charge in [-0.25, -0.2) is 9.48 Å². The third-order valence-electron chi connectivity index (χ3n) is 5.75. The number of nitrogens with one attached hydrogen (secondary N) is 1. The molecule has 4 rings (SSSR count). The molecule has 1 N–H and O–H groups in total. The predicted molar refractivity (Wildman–Crippen MR) is 109 cm³/mol. The van der Waals surface area contributed by atoms with Crippen molar-refractivity contribution >= 4 is 12.0 Å². The smallest absolute Gasteiger partial charge is 0.409 e. The number of likely N-dealkylation sites (tertiary alicyclic amines) is 1. The van der Waals surface area contributed by atoms with Gasteiger partial charge in [0.2, 0.25) is 0 Å². The number of carbonyl (C=O) groups is 2. The van der Waals surface area contributed by atoms with Crippen molar-refractivity contribution in [3.63, 3.8) is 0 Å². The molecule has 2 aliphatic rings. The minimum atomic E-state index is -0.270. The van der Waals surface area contributed by atoms with Crippen LogP contribution < -0.4 is 5.32 Å². The van der Waals surface area contributed by atoms with Gasteiger partial charge >= 0.3 is 6.09 Å². The molecule has 0 bridgehead atoms. The number of hydrogen-bond acceptors (Lipinski definition) is 4. The Kier molecular flexibility index (Phi) is 5.83. The van der Waals surface area contributed by atoms with E-state index in [0.29, 0.717) is 25.4 Å². The van der Waals surface area contributed by atoms with Crippen LogP contribution in [0.5, 0.6) is 0 Å². The molecule has 1 aromatic carbocycles. The van der Waals surface area contributed by atoms with Gasteiger partial charge in [-0.1, -0.05) is 18.2 Å². The minimum absolute atomic E-state index is 0.0503. The van der Waals surface area contributed by atoms with Crippen molar-refractivity contribution in [3.05, 3.63) is 47.3 Å². The van der Waals surface area contributed by atoms with Crippen LogP contribution >= 0.6 is 0 Å². The van der Waals surface area contributed by atoms with Gasteiger partial charge in [-0.2, -0.15) is 5.10 Å². The molecule has 1 aliphatic carbocycles. The normalized spacial score (nSPS) is 16.9. The average molecular weight is 396 g/mol. The van der Waals surface area contributed by atoms with Crippen molar-refractivity contribution in [1.29, 1.82) is 0 Å². The SMILES string of the molecule is CCOC(=O)N1CCC(NC(=O)c2nn(-c3ccccc3)c3c2CCCC3)CC1. The largest absolute Gasteiger partial charge is 0.450 e. The van der Waals surface area contributed by atoms with Crippen molar-refractivity contribution in [2.45, 2.75) is 51.5 Å². The number of rotatable bonds is 4. The van der Waals surface area contributed by atoms with E-state index in [1.807, 2.05) is 35.0 Å². The summed E-state index contributed by atoms with van der Waals surface area (Å²) in [6.07, 6.45) is 5.24. The van der Waals surface area contributed by atoms with Crippen LogP contribution in [0.25, 0.3) is 5.69 Å². The Morgan fingerprint density at radius 1 is 1.14 bits per heavy atom. The third kappa shape index (κ3) is 4.13. The van der Waals surface area contributed by atoms with Crippen molar-refractivity contribution in [2.75, 3.05) is 19.7 Å². The number of fused-ring (bicyclic) bond motifs is 1. The lowest BCUT2D eigenvalue weighted by atomic mass is 9.95. The number of ether oxygens (including phenoxy) is 1. The fourth-order valence-corrected chi connectivity index (χ4v) is 4.24. The highest BCUT2D eigenvalue weighted by atomic mass is 16.6. The maximum absolute atomic E-state index is 13.1. The summed E-state index contributed by atoms with van der Waals surface area (Å²) in [5.41, 5.74) is 3.79. The van der Waals surface area contributed by atoms with Crippen LogP contribution in [-0.4, -0.2) is 52.4 Å². The van der Waals surface area contributed by atoms with Crippen LogP contribution in [0.1, 0.15) is 54.4 Å². The highest BCUT2D eigenvalue weighted by Crippen LogP contribution is 2.27. The number of piperidine rings is 1. The van der Waals surface area contributed by atoms with E-state index in [9.17, 15) is 9.59 Å². The standard InChI is InChI=1S/C22H28N4O3/c1-2-29-22(28)25-14-12-16(13-15-25)23-21(27)20-18-10-6-7-11-19(18)26(24-20)17-8-4-3-5-9-17/h3-5,8-9,16H,2,6-7,10-15H2,1H3,(H,23,27). The highest BCUT2D eigenvalue weighted by molar-refractivity contribution is 5.94. The molecule has 0 atom stereocenters. The third-order valence-corrected chi connectivity index (χ3v) is 5.75. The van der Waals surface area contributed by atoms with E-state index in [0.717, 1.165) is 55.5 Å². The Labute approximate surface area is 171 Å². The van der Waals surface area contributed by atoms with E-state index in [1.165, 1.54) is 0 Å². The molecule has 1 aromatic heterocycles. The summed E-state index contributed by atoms with van der Waals surface area (Å²) in [4.78, 5) is 26.6. The molecule has 7 nitrogen and oxygen atoms in total. The van der Waals surface area contributed by atoms with Gasteiger partial charge in [0.1, 0.15) is 0 Å². The van der Waals surface area contributed by atoms with Crippen LogP contribution in [0.4, 0.5) is 4.79 Å². The summed E-state index contributed by atoms with van der Waals surface area (Å²) in [6.45, 7) is 3.38. The van der Waals surface area contributed by atoms with Crippen molar-refractivity contribution < 1.29 is 14.3 Å². The topological polar surface area (TPSA) is 76.5 Å². The fourth-order valence-electron chi connectivity index (χ4n) is 4.24. The molecule has 1 aliphatic heterocycles. The first kappa shape index (κ1) is 19.5. The summed E-state index contributed by atoms with van der Waals surface area (Å²) in [5.74, 6) is -0.104. The quantitative estimate of drug-likeness (QED) is 0.862. The van der Waals surface area contributed by atoms with Crippen LogP contribution in [0.2, 0.25) is 0 Å². The summed E-state index contributed by atoms with van der Waals surface area (Å²) in [5, 5.41) is 7.86. The highest BCUT2D eigenvalue weighted by Gasteiger charge is 2.29. The number of nitrogens with zero attached hydrogens (tertiary/aromatic N) is 3. The van der Waals surface area contributed by atoms with E-state index in [-0.39, 0.29) is 18.0 Å². The zero-order valence-corrected chi connectivity index (χ0v) is 16.9. The molecule has 0 saturated carbocycles. The second-order valence-electron chi connectivity index (χ2n) is 7.66. The number of para-hydroxylation sites is 1. The average Bonchev–Trinajstić information content (AvgIpc) is 3.15. The van der Waals surface area contributed by atoms with Gasteiger partial charge in [0.05, 0.1) is 12.3 Å². The predicted octanol–water partition coefficient (Wildman–Crippen LogP) is 3.10. The molecule has 29 heavy (non-hydrogen) atoms. The van der Waals surface area contributed by atoms with Gasteiger partial charge in [-0.15, -0.1) is 0 Å². The number of aromatic nitrogens is 2. The molecular weight excluding hydrogens is 368 g/mol. The van der Waals surface area contributed by atoms with Gasteiger partial charge in [-0.3, -0.25) is 4.79 Å². The first-order chi connectivity index (χ1) is 14.2. The Morgan fingerprint density at radius 2 is 1.86 bits per heavy atom. The van der Waals surface area contributed by atoms with Crippen LogP contribution in [0.3, 0.4) is 0 Å². The second kappa shape index (κ2) is 8.68. The number of carbonyl (C=O) groups excluding carboxylic acids is 2. The Bertz CT molecular complexity index is 870. The maximum Gasteiger partial charge on any atom is 0.409 e. The molecule has 2 heterocycles. The van der Waals surface area contributed by atoms with Crippen LogP contribution in [0, 0.1) is 0 Å². The summed E-state index contributed by atoms with van der Waals surface area (Å²) >= 11 is 0. The molecular formula is C22H28N4O3. The zero-order chi connectivity index (χ0) is 20.2. The van der Waals surface area contributed by atoms with Crippen molar-refractivity contribution in [3.8, 4) is 5.69 Å². The summed E-state index contributed by atoms with van der Waals surface area (Å²) in [7, 11) is 0. The van der Waals surface area contributed by atoms with Crippen LogP contribution in [0.15, 0.2) is 30.3 Å². The monoisotopic (exact) mass is 396 g/mol. The molecule has 2 aromatic rings. The minimum Gasteiger partial charge on any atom is -0.450 e. The van der Waals surface area contributed by atoms with E-state index < -0.39 is 0 Å². The Balaban J connectivity index is 1.47. The lowest BCUT2D eigenvalue weighted by molar-refractivity contribution is 0.0855. The van der Waals surface area contributed by atoms with Crippen molar-refractivity contribution in [2.24, 2.45) is 0 Å². The van der Waals surface area contributed by atoms with E-state index in [2.05, 4.69) is 5.32 Å². The van der Waals surface area contributed by atoms with E-state index in [1.54, 1.807) is 11.8 Å². The Morgan fingerprint density at radius 3 is 2.59 bits per heavy atom. The molecule has 0 unspecified atom stereocenters. The zero-order valence-electron chi connectivity index (χ0n) is 16.9. The van der Waals surface area contributed by atoms with Gasteiger partial charge in [0.15, 0.2) is 5.69 Å². The van der Waals surface area contributed by atoms with E-state index >= 15 is 0 Å². The molecule has 7 heteroatoms. The molecule has 1 fully saturated rings. The maximum atomic E-state index is 13.1. The van der Waals surface area contributed by atoms with Gasteiger partial charge < -0.3 is 15.0 Å². The lowest BCUT2D eigenvalue weighted by Crippen LogP contribution is -2.46.